The Morgan fingerprint density at radius 2 is 2.00 bits per heavy atom. The molecule has 4 unspecified atom stereocenters. The lowest BCUT2D eigenvalue weighted by Crippen LogP contribution is -2.53. The second-order valence-corrected chi connectivity index (χ2v) is 5.96. The van der Waals surface area contributed by atoms with E-state index in [1.54, 1.807) is 4.90 Å². The Morgan fingerprint density at radius 1 is 1.26 bits per heavy atom. The number of amides is 1. The van der Waals surface area contributed by atoms with Gasteiger partial charge in [-0.05, 0) is 31.1 Å². The lowest BCUT2D eigenvalue weighted by Gasteiger charge is -2.40. The number of carboxylic acid groups (broad SMARTS) is 1. The largest absolute Gasteiger partial charge is 0.480 e. The van der Waals surface area contributed by atoms with Crippen molar-refractivity contribution < 1.29 is 19.4 Å². The van der Waals surface area contributed by atoms with Gasteiger partial charge in [0.05, 0.1) is 0 Å². The van der Waals surface area contributed by atoms with E-state index in [0.29, 0.717) is 38.5 Å². The molecule has 2 heterocycles. The Bertz CT molecular complexity index is 357. The van der Waals surface area contributed by atoms with Gasteiger partial charge < -0.3 is 14.7 Å². The summed E-state index contributed by atoms with van der Waals surface area (Å²) in [6.07, 6.45) is 2.17. The Morgan fingerprint density at radius 3 is 2.63 bits per heavy atom. The molecule has 2 rings (SSSR count). The number of rotatable bonds is 2. The van der Waals surface area contributed by atoms with Crippen LogP contribution in [0, 0.1) is 17.8 Å². The maximum Gasteiger partial charge on any atom is 0.326 e. The Kier molecular flexibility index (Phi) is 4.45. The predicted molar refractivity (Wildman–Crippen MR) is 69.6 cm³/mol. The lowest BCUT2D eigenvalue weighted by atomic mass is 9.85. The zero-order valence-electron chi connectivity index (χ0n) is 11.7. The number of ether oxygens (including phenoxy) is 1. The third kappa shape index (κ3) is 3.08. The zero-order chi connectivity index (χ0) is 14.0. The summed E-state index contributed by atoms with van der Waals surface area (Å²) in [4.78, 5) is 25.5. The van der Waals surface area contributed by atoms with Crippen molar-refractivity contribution in [3.05, 3.63) is 0 Å². The van der Waals surface area contributed by atoms with Crippen molar-refractivity contribution in [2.24, 2.45) is 17.8 Å². The molecular formula is C14H23NO4. The number of hydrogen-bond acceptors (Lipinski definition) is 3. The molecule has 0 radical (unpaired) electrons. The summed E-state index contributed by atoms with van der Waals surface area (Å²) >= 11 is 0. The number of carboxylic acids is 1. The maximum atomic E-state index is 12.6. The molecule has 0 aromatic heterocycles. The minimum Gasteiger partial charge on any atom is -0.480 e. The highest BCUT2D eigenvalue weighted by molar-refractivity contribution is 5.85. The van der Waals surface area contributed by atoms with Crippen molar-refractivity contribution in [2.45, 2.75) is 39.2 Å². The Labute approximate surface area is 113 Å². The molecule has 2 aliphatic rings. The highest BCUT2D eigenvalue weighted by Crippen LogP contribution is 2.29. The van der Waals surface area contributed by atoms with Crippen LogP contribution in [0.15, 0.2) is 0 Å². The molecule has 0 spiro atoms. The maximum absolute atomic E-state index is 12.6. The van der Waals surface area contributed by atoms with Gasteiger partial charge in [-0.25, -0.2) is 4.79 Å². The molecule has 108 valence electrons. The van der Waals surface area contributed by atoms with E-state index in [1.807, 2.05) is 6.92 Å². The topological polar surface area (TPSA) is 66.8 Å². The number of aliphatic carboxylic acids is 1. The molecule has 2 saturated heterocycles. The molecule has 2 aliphatic heterocycles. The molecule has 0 aromatic rings. The smallest absolute Gasteiger partial charge is 0.326 e. The fourth-order valence-electron chi connectivity index (χ4n) is 3.10. The van der Waals surface area contributed by atoms with Crippen LogP contribution in [0.4, 0.5) is 0 Å². The molecule has 0 bridgehead atoms. The SMILES string of the molecule is CC1CCN(C(=O)C2CCOCC2C)C(C(=O)O)C1. The number of likely N-dealkylation sites (tertiary alicyclic amines) is 1. The average molecular weight is 269 g/mol. The van der Waals surface area contributed by atoms with Gasteiger partial charge in [0.1, 0.15) is 6.04 Å². The summed E-state index contributed by atoms with van der Waals surface area (Å²) in [5, 5.41) is 9.32. The van der Waals surface area contributed by atoms with Crippen LogP contribution in [0.1, 0.15) is 33.1 Å². The quantitative estimate of drug-likeness (QED) is 0.822. The van der Waals surface area contributed by atoms with Crippen LogP contribution in [-0.2, 0) is 14.3 Å². The van der Waals surface area contributed by atoms with Gasteiger partial charge >= 0.3 is 5.97 Å². The van der Waals surface area contributed by atoms with Crippen molar-refractivity contribution in [1.29, 1.82) is 0 Å². The molecule has 19 heavy (non-hydrogen) atoms. The standard InChI is InChI=1S/C14H23NO4/c1-9-3-5-15(12(7-9)14(17)18)13(16)11-4-6-19-8-10(11)2/h9-12H,3-8H2,1-2H3,(H,17,18). The van der Waals surface area contributed by atoms with E-state index < -0.39 is 12.0 Å². The first kappa shape index (κ1) is 14.3. The van der Waals surface area contributed by atoms with Gasteiger partial charge in [-0.15, -0.1) is 0 Å². The van der Waals surface area contributed by atoms with E-state index in [0.717, 1.165) is 6.42 Å². The van der Waals surface area contributed by atoms with E-state index in [-0.39, 0.29) is 17.7 Å². The van der Waals surface area contributed by atoms with E-state index in [9.17, 15) is 14.7 Å². The summed E-state index contributed by atoms with van der Waals surface area (Å²) in [6.45, 7) is 5.82. The summed E-state index contributed by atoms with van der Waals surface area (Å²) in [7, 11) is 0. The normalized spacial score (nSPS) is 36.0. The second kappa shape index (κ2) is 5.90. The van der Waals surface area contributed by atoms with Crippen molar-refractivity contribution in [3.8, 4) is 0 Å². The van der Waals surface area contributed by atoms with Crippen LogP contribution in [0.2, 0.25) is 0 Å². The fraction of sp³-hybridized carbons (Fsp3) is 0.857. The lowest BCUT2D eigenvalue weighted by molar-refractivity contribution is -0.157. The first-order valence-electron chi connectivity index (χ1n) is 7.11. The first-order valence-corrected chi connectivity index (χ1v) is 7.11. The predicted octanol–water partition coefficient (Wildman–Crippen LogP) is 1.37. The van der Waals surface area contributed by atoms with Gasteiger partial charge in [0, 0.05) is 25.7 Å². The van der Waals surface area contributed by atoms with Gasteiger partial charge in [0.2, 0.25) is 5.91 Å². The number of carbonyl (C=O) groups is 2. The third-order valence-electron chi connectivity index (χ3n) is 4.39. The molecule has 0 saturated carbocycles. The molecule has 0 aliphatic carbocycles. The second-order valence-electron chi connectivity index (χ2n) is 5.96. The van der Waals surface area contributed by atoms with Crippen molar-refractivity contribution in [1.82, 2.24) is 4.90 Å². The van der Waals surface area contributed by atoms with E-state index in [1.165, 1.54) is 0 Å². The minimum atomic E-state index is -0.875. The number of nitrogens with zero attached hydrogens (tertiary/aromatic N) is 1. The summed E-state index contributed by atoms with van der Waals surface area (Å²) in [5.41, 5.74) is 0. The van der Waals surface area contributed by atoms with E-state index in [2.05, 4.69) is 6.92 Å². The molecule has 1 N–H and O–H groups in total. The Balaban J connectivity index is 2.09. The average Bonchev–Trinajstić information content (AvgIpc) is 2.38. The number of piperidine rings is 1. The molecule has 4 atom stereocenters. The summed E-state index contributed by atoms with van der Waals surface area (Å²) < 4.78 is 5.35. The molecule has 1 amide bonds. The van der Waals surface area contributed by atoms with Crippen LogP contribution < -0.4 is 0 Å². The van der Waals surface area contributed by atoms with Gasteiger partial charge in [0.15, 0.2) is 0 Å². The number of hydrogen-bond donors (Lipinski definition) is 1. The molecule has 2 fully saturated rings. The van der Waals surface area contributed by atoms with E-state index >= 15 is 0 Å². The third-order valence-corrected chi connectivity index (χ3v) is 4.39. The summed E-state index contributed by atoms with van der Waals surface area (Å²) in [5.74, 6) is -0.397. The highest BCUT2D eigenvalue weighted by atomic mass is 16.5. The van der Waals surface area contributed by atoms with Crippen LogP contribution in [0.25, 0.3) is 0 Å². The monoisotopic (exact) mass is 269 g/mol. The molecule has 0 aromatic carbocycles. The van der Waals surface area contributed by atoms with Crippen LogP contribution >= 0.6 is 0 Å². The van der Waals surface area contributed by atoms with Gasteiger partial charge in [-0.3, -0.25) is 4.79 Å². The van der Waals surface area contributed by atoms with Gasteiger partial charge in [0.25, 0.3) is 0 Å². The fourth-order valence-corrected chi connectivity index (χ4v) is 3.10. The van der Waals surface area contributed by atoms with E-state index in [4.69, 9.17) is 4.74 Å². The molecular weight excluding hydrogens is 246 g/mol. The van der Waals surface area contributed by atoms with Crippen molar-refractivity contribution in [3.63, 3.8) is 0 Å². The molecule has 5 nitrogen and oxygen atoms in total. The zero-order valence-corrected chi connectivity index (χ0v) is 11.7. The Hall–Kier alpha value is -1.10. The minimum absolute atomic E-state index is 0.00935. The summed E-state index contributed by atoms with van der Waals surface area (Å²) in [6, 6.07) is -0.647. The van der Waals surface area contributed by atoms with Gasteiger partial charge in [-0.1, -0.05) is 13.8 Å². The number of carbonyl (C=O) groups excluding carboxylic acids is 1. The molecule has 5 heteroatoms. The van der Waals surface area contributed by atoms with Crippen molar-refractivity contribution >= 4 is 11.9 Å². The van der Waals surface area contributed by atoms with Crippen LogP contribution in [0.5, 0.6) is 0 Å². The van der Waals surface area contributed by atoms with Crippen LogP contribution in [-0.4, -0.2) is 47.7 Å². The first-order chi connectivity index (χ1) is 9.00. The van der Waals surface area contributed by atoms with Crippen LogP contribution in [0.3, 0.4) is 0 Å². The highest BCUT2D eigenvalue weighted by Gasteiger charge is 2.39. The van der Waals surface area contributed by atoms with Crippen molar-refractivity contribution in [2.75, 3.05) is 19.8 Å². The van der Waals surface area contributed by atoms with Gasteiger partial charge in [-0.2, -0.15) is 0 Å².